The van der Waals surface area contributed by atoms with Crippen LogP contribution in [0.2, 0.25) is 0 Å². The molecule has 142 valence electrons. The molecule has 0 spiro atoms. The summed E-state index contributed by atoms with van der Waals surface area (Å²) >= 11 is 1.75. The fraction of sp³-hybridized carbons (Fsp3) is 0.474. The number of aryl methyl sites for hydroxylation is 1. The van der Waals surface area contributed by atoms with Gasteiger partial charge >= 0.3 is 0 Å². The van der Waals surface area contributed by atoms with Crippen LogP contribution in [0.1, 0.15) is 59.3 Å². The SMILES string of the molecule is CSCC[C@H](NC(=O)c1n[nH]c2c1CCCCC2)c1nnc2ccccn12. The molecule has 1 amide bonds. The Hall–Kier alpha value is -2.35. The Kier molecular flexibility index (Phi) is 5.42. The minimum Gasteiger partial charge on any atom is -0.341 e. The van der Waals surface area contributed by atoms with Gasteiger partial charge in [0, 0.05) is 17.5 Å². The van der Waals surface area contributed by atoms with Crippen LogP contribution in [0.25, 0.3) is 5.65 Å². The van der Waals surface area contributed by atoms with E-state index in [2.05, 4.69) is 32.0 Å². The van der Waals surface area contributed by atoms with Gasteiger partial charge in [-0.05, 0) is 56.2 Å². The minimum atomic E-state index is -0.208. The lowest BCUT2D eigenvalue weighted by molar-refractivity contribution is 0.0927. The molecule has 2 N–H and O–H groups in total. The van der Waals surface area contributed by atoms with E-state index in [4.69, 9.17) is 0 Å². The number of amides is 1. The molecule has 0 aromatic carbocycles. The molecule has 0 saturated carbocycles. The Morgan fingerprint density at radius 3 is 3.07 bits per heavy atom. The van der Waals surface area contributed by atoms with E-state index < -0.39 is 0 Å². The summed E-state index contributed by atoms with van der Waals surface area (Å²) in [6.07, 6.45) is 10.1. The van der Waals surface area contributed by atoms with Crippen molar-refractivity contribution in [2.24, 2.45) is 0 Å². The molecule has 3 aromatic rings. The number of pyridine rings is 1. The van der Waals surface area contributed by atoms with Crippen LogP contribution in [0.5, 0.6) is 0 Å². The Labute approximate surface area is 162 Å². The van der Waals surface area contributed by atoms with E-state index in [1.54, 1.807) is 11.8 Å². The van der Waals surface area contributed by atoms with Gasteiger partial charge in [0.05, 0.1) is 6.04 Å². The molecular formula is C19H24N6OS. The van der Waals surface area contributed by atoms with Crippen LogP contribution in [-0.2, 0) is 12.8 Å². The number of carbonyl (C=O) groups excluding carboxylic acids is 1. The number of hydrogen-bond acceptors (Lipinski definition) is 5. The number of nitrogens with zero attached hydrogens (tertiary/aromatic N) is 4. The van der Waals surface area contributed by atoms with E-state index in [-0.39, 0.29) is 11.9 Å². The molecule has 3 aromatic heterocycles. The first kappa shape index (κ1) is 18.0. The lowest BCUT2D eigenvalue weighted by Crippen LogP contribution is -2.31. The molecular weight excluding hydrogens is 360 g/mol. The van der Waals surface area contributed by atoms with Crippen molar-refractivity contribution in [3.63, 3.8) is 0 Å². The number of H-pyrrole nitrogens is 1. The lowest BCUT2D eigenvalue weighted by atomic mass is 10.1. The first-order chi connectivity index (χ1) is 13.3. The van der Waals surface area contributed by atoms with Crippen LogP contribution in [-0.4, -0.2) is 42.7 Å². The van der Waals surface area contributed by atoms with Gasteiger partial charge in [-0.3, -0.25) is 14.3 Å². The standard InChI is InChI=1S/C19H24N6OS/c1-27-12-10-15(18-24-22-16-9-5-6-11-25(16)18)20-19(26)17-13-7-3-2-4-8-14(13)21-23-17/h5-6,9,11,15H,2-4,7-8,10,12H2,1H3,(H,20,26)(H,21,23)/t15-/m0/s1. The van der Waals surface area contributed by atoms with Gasteiger partial charge in [0.1, 0.15) is 0 Å². The zero-order valence-corrected chi connectivity index (χ0v) is 16.3. The largest absolute Gasteiger partial charge is 0.341 e. The zero-order chi connectivity index (χ0) is 18.6. The zero-order valence-electron chi connectivity index (χ0n) is 15.4. The maximum Gasteiger partial charge on any atom is 0.272 e. The molecule has 1 aliphatic rings. The van der Waals surface area contributed by atoms with E-state index in [0.29, 0.717) is 5.69 Å². The molecule has 4 rings (SSSR count). The maximum absolute atomic E-state index is 13.0. The Balaban J connectivity index is 1.60. The number of nitrogens with one attached hydrogen (secondary N) is 2. The van der Waals surface area contributed by atoms with E-state index in [9.17, 15) is 4.79 Å². The van der Waals surface area contributed by atoms with Crippen LogP contribution < -0.4 is 5.32 Å². The van der Waals surface area contributed by atoms with Gasteiger partial charge in [-0.1, -0.05) is 12.5 Å². The van der Waals surface area contributed by atoms with Crippen LogP contribution in [0.4, 0.5) is 0 Å². The summed E-state index contributed by atoms with van der Waals surface area (Å²) in [6, 6.07) is 5.58. The molecule has 0 aliphatic heterocycles. The maximum atomic E-state index is 13.0. The summed E-state index contributed by atoms with van der Waals surface area (Å²) in [5, 5.41) is 19.2. The van der Waals surface area contributed by atoms with Crippen molar-refractivity contribution in [3.05, 3.63) is 47.2 Å². The topological polar surface area (TPSA) is 88.0 Å². The highest BCUT2D eigenvalue weighted by Crippen LogP contribution is 2.23. The highest BCUT2D eigenvalue weighted by atomic mass is 32.2. The monoisotopic (exact) mass is 384 g/mol. The predicted molar refractivity (Wildman–Crippen MR) is 106 cm³/mol. The molecule has 0 radical (unpaired) electrons. The number of carbonyl (C=O) groups is 1. The second kappa shape index (κ2) is 8.12. The van der Waals surface area contributed by atoms with Gasteiger partial charge in [-0.25, -0.2) is 0 Å². The number of thioether (sulfide) groups is 1. The molecule has 0 unspecified atom stereocenters. The van der Waals surface area contributed by atoms with Crippen molar-refractivity contribution in [2.45, 2.75) is 44.6 Å². The highest BCUT2D eigenvalue weighted by molar-refractivity contribution is 7.98. The van der Waals surface area contributed by atoms with Crippen molar-refractivity contribution in [1.82, 2.24) is 30.1 Å². The second-order valence-corrected chi connectivity index (χ2v) is 7.87. The summed E-state index contributed by atoms with van der Waals surface area (Å²) in [4.78, 5) is 13.0. The van der Waals surface area contributed by atoms with Crippen molar-refractivity contribution in [3.8, 4) is 0 Å². The lowest BCUT2D eigenvalue weighted by Gasteiger charge is -2.17. The van der Waals surface area contributed by atoms with Crippen LogP contribution in [0.15, 0.2) is 24.4 Å². The van der Waals surface area contributed by atoms with Gasteiger partial charge in [0.15, 0.2) is 17.2 Å². The van der Waals surface area contributed by atoms with Crippen LogP contribution in [0, 0.1) is 0 Å². The van der Waals surface area contributed by atoms with Gasteiger partial charge in [-0.15, -0.1) is 10.2 Å². The first-order valence-electron chi connectivity index (χ1n) is 9.43. The molecule has 1 atom stereocenters. The molecule has 0 bridgehead atoms. The third kappa shape index (κ3) is 3.71. The predicted octanol–water partition coefficient (Wildman–Crippen LogP) is 2.95. The van der Waals surface area contributed by atoms with Gasteiger partial charge < -0.3 is 5.32 Å². The van der Waals surface area contributed by atoms with Crippen molar-refractivity contribution in [2.75, 3.05) is 12.0 Å². The van der Waals surface area contributed by atoms with Crippen LogP contribution in [0.3, 0.4) is 0 Å². The van der Waals surface area contributed by atoms with E-state index in [1.165, 1.54) is 6.42 Å². The third-order valence-corrected chi connectivity index (χ3v) is 5.73. The normalized spacial score (nSPS) is 15.3. The average Bonchev–Trinajstić information content (AvgIpc) is 3.22. The Morgan fingerprint density at radius 2 is 2.19 bits per heavy atom. The Bertz CT molecular complexity index is 933. The molecule has 7 nitrogen and oxygen atoms in total. The van der Waals surface area contributed by atoms with Gasteiger partial charge in [0.25, 0.3) is 5.91 Å². The number of hydrogen-bond donors (Lipinski definition) is 2. The number of aromatic nitrogens is 5. The second-order valence-electron chi connectivity index (χ2n) is 6.88. The summed E-state index contributed by atoms with van der Waals surface area (Å²) in [7, 11) is 0. The van der Waals surface area contributed by atoms with E-state index in [0.717, 1.165) is 60.6 Å². The number of rotatable bonds is 6. The smallest absolute Gasteiger partial charge is 0.272 e. The quantitative estimate of drug-likeness (QED) is 0.638. The minimum absolute atomic E-state index is 0.131. The summed E-state index contributed by atoms with van der Waals surface area (Å²) in [5.74, 6) is 1.55. The van der Waals surface area contributed by atoms with Crippen molar-refractivity contribution < 1.29 is 4.79 Å². The fourth-order valence-corrected chi connectivity index (χ4v) is 4.14. The average molecular weight is 385 g/mol. The first-order valence-corrected chi connectivity index (χ1v) is 10.8. The van der Waals surface area contributed by atoms with E-state index in [1.807, 2.05) is 28.8 Å². The number of fused-ring (bicyclic) bond motifs is 2. The van der Waals surface area contributed by atoms with Gasteiger partial charge in [0.2, 0.25) is 0 Å². The summed E-state index contributed by atoms with van der Waals surface area (Å²) < 4.78 is 1.94. The molecule has 27 heavy (non-hydrogen) atoms. The Morgan fingerprint density at radius 1 is 1.30 bits per heavy atom. The molecule has 8 heteroatoms. The highest BCUT2D eigenvalue weighted by Gasteiger charge is 2.25. The van der Waals surface area contributed by atoms with Crippen LogP contribution >= 0.6 is 11.8 Å². The number of aromatic amines is 1. The molecule has 3 heterocycles. The van der Waals surface area contributed by atoms with Crippen molar-refractivity contribution >= 4 is 23.3 Å². The van der Waals surface area contributed by atoms with Crippen molar-refractivity contribution in [1.29, 1.82) is 0 Å². The molecule has 0 saturated heterocycles. The fourth-order valence-electron chi connectivity index (χ4n) is 3.67. The molecule has 1 aliphatic carbocycles. The summed E-state index contributed by atoms with van der Waals surface area (Å²) in [6.45, 7) is 0. The summed E-state index contributed by atoms with van der Waals surface area (Å²) in [5.41, 5.74) is 3.52. The van der Waals surface area contributed by atoms with Gasteiger partial charge in [-0.2, -0.15) is 16.9 Å². The van der Waals surface area contributed by atoms with E-state index >= 15 is 0 Å². The third-order valence-electron chi connectivity index (χ3n) is 5.09. The molecule has 0 fully saturated rings.